The Labute approximate surface area is 118 Å². The molecule has 1 fully saturated rings. The van der Waals surface area contributed by atoms with Crippen LogP contribution in [0.3, 0.4) is 0 Å². The van der Waals surface area contributed by atoms with Crippen LogP contribution in [0, 0.1) is 19.8 Å². The molecule has 0 aliphatic heterocycles. The van der Waals surface area contributed by atoms with Gasteiger partial charge < -0.3 is 9.73 Å². The lowest BCUT2D eigenvalue weighted by atomic mass is 9.85. The second kappa shape index (κ2) is 5.12. The molecule has 0 radical (unpaired) electrons. The van der Waals surface area contributed by atoms with E-state index in [0.717, 1.165) is 35.5 Å². The van der Waals surface area contributed by atoms with E-state index in [4.69, 9.17) is 4.42 Å². The molecule has 3 rings (SSSR count). The minimum absolute atomic E-state index is 0.137. The molecule has 1 saturated carbocycles. The summed E-state index contributed by atoms with van der Waals surface area (Å²) in [7, 11) is 0. The van der Waals surface area contributed by atoms with Gasteiger partial charge >= 0.3 is 0 Å². The van der Waals surface area contributed by atoms with Crippen molar-refractivity contribution in [2.24, 2.45) is 5.92 Å². The summed E-state index contributed by atoms with van der Waals surface area (Å²) in [5, 5.41) is 2.96. The zero-order valence-corrected chi connectivity index (χ0v) is 11.8. The number of hydrogen-bond acceptors (Lipinski definition) is 3. The number of aromatic nitrogens is 1. The molecule has 1 heterocycles. The maximum Gasteiger partial charge on any atom is 0.227 e. The normalized spacial score (nSPS) is 14.9. The van der Waals surface area contributed by atoms with Gasteiger partial charge in [-0.3, -0.25) is 4.79 Å². The highest BCUT2D eigenvalue weighted by Crippen LogP contribution is 2.28. The van der Waals surface area contributed by atoms with Gasteiger partial charge in [0, 0.05) is 24.1 Å². The number of anilines is 1. The van der Waals surface area contributed by atoms with Gasteiger partial charge in [-0.15, -0.1) is 0 Å². The van der Waals surface area contributed by atoms with E-state index in [1.165, 1.54) is 6.42 Å². The summed E-state index contributed by atoms with van der Waals surface area (Å²) in [4.78, 5) is 16.2. The Kier molecular flexibility index (Phi) is 3.30. The van der Waals surface area contributed by atoms with Gasteiger partial charge in [-0.25, -0.2) is 4.98 Å². The molecular formula is C16H18N2O2. The minimum atomic E-state index is 0.137. The number of amides is 1. The molecule has 104 valence electrons. The first-order valence-electron chi connectivity index (χ1n) is 6.99. The molecule has 0 unspecified atom stereocenters. The smallest absolute Gasteiger partial charge is 0.227 e. The first-order chi connectivity index (χ1) is 9.63. The molecule has 0 spiro atoms. The Morgan fingerprint density at radius 3 is 2.45 bits per heavy atom. The van der Waals surface area contributed by atoms with Crippen LogP contribution in [0.1, 0.15) is 30.9 Å². The fourth-order valence-corrected chi connectivity index (χ4v) is 2.42. The van der Waals surface area contributed by atoms with Crippen LogP contribution in [0.15, 0.2) is 28.7 Å². The predicted molar refractivity (Wildman–Crippen MR) is 77.4 cm³/mol. The van der Waals surface area contributed by atoms with Crippen LogP contribution in [0.2, 0.25) is 0 Å². The second-order valence-electron chi connectivity index (χ2n) is 5.33. The van der Waals surface area contributed by atoms with Crippen molar-refractivity contribution >= 4 is 11.6 Å². The third kappa shape index (κ3) is 2.46. The number of nitrogens with zero attached hydrogens (tertiary/aromatic N) is 1. The standard InChI is InChI=1S/C16H18N2O2/c1-10-15(17-11(2)20-10)12-6-8-14(9-7-12)18-16(19)13-4-3-5-13/h6-9,13H,3-5H2,1-2H3,(H,18,19). The topological polar surface area (TPSA) is 55.1 Å². The van der Waals surface area contributed by atoms with E-state index < -0.39 is 0 Å². The molecule has 1 N–H and O–H groups in total. The molecule has 2 aromatic rings. The molecule has 4 heteroatoms. The summed E-state index contributed by atoms with van der Waals surface area (Å²) in [5.74, 6) is 1.82. The quantitative estimate of drug-likeness (QED) is 0.925. The van der Waals surface area contributed by atoms with Gasteiger partial charge in [-0.05, 0) is 31.9 Å². The number of hydrogen-bond donors (Lipinski definition) is 1. The van der Waals surface area contributed by atoms with Crippen LogP contribution in [0.5, 0.6) is 0 Å². The Bertz CT molecular complexity index is 624. The lowest BCUT2D eigenvalue weighted by Gasteiger charge is -2.24. The Morgan fingerprint density at radius 2 is 1.95 bits per heavy atom. The molecule has 1 aromatic carbocycles. The zero-order chi connectivity index (χ0) is 14.1. The largest absolute Gasteiger partial charge is 0.446 e. The lowest BCUT2D eigenvalue weighted by molar-refractivity contribution is -0.122. The third-order valence-corrected chi connectivity index (χ3v) is 3.81. The molecule has 0 atom stereocenters. The Morgan fingerprint density at radius 1 is 1.25 bits per heavy atom. The molecule has 1 aromatic heterocycles. The number of carbonyl (C=O) groups is 1. The SMILES string of the molecule is Cc1nc(-c2ccc(NC(=O)C3CCC3)cc2)c(C)o1. The van der Waals surface area contributed by atoms with Crippen molar-refractivity contribution in [3.05, 3.63) is 35.9 Å². The van der Waals surface area contributed by atoms with Crippen molar-refractivity contribution in [3.63, 3.8) is 0 Å². The summed E-state index contributed by atoms with van der Waals surface area (Å²) in [6.07, 6.45) is 3.20. The zero-order valence-electron chi connectivity index (χ0n) is 11.8. The molecule has 0 bridgehead atoms. The highest BCUT2D eigenvalue weighted by atomic mass is 16.4. The maximum absolute atomic E-state index is 11.9. The molecule has 1 aliphatic carbocycles. The molecule has 1 aliphatic rings. The van der Waals surface area contributed by atoms with Gasteiger partial charge in [0.25, 0.3) is 0 Å². The summed E-state index contributed by atoms with van der Waals surface area (Å²) < 4.78 is 5.44. The highest BCUT2D eigenvalue weighted by Gasteiger charge is 2.25. The predicted octanol–water partition coefficient (Wildman–Crippen LogP) is 3.70. The lowest BCUT2D eigenvalue weighted by Crippen LogP contribution is -2.27. The number of rotatable bonds is 3. The monoisotopic (exact) mass is 270 g/mol. The van der Waals surface area contributed by atoms with Crippen LogP contribution < -0.4 is 5.32 Å². The summed E-state index contributed by atoms with van der Waals surface area (Å²) in [6.45, 7) is 3.74. The number of nitrogens with one attached hydrogen (secondary N) is 1. The van der Waals surface area contributed by atoms with Crippen LogP contribution in [0.25, 0.3) is 11.3 Å². The second-order valence-corrected chi connectivity index (χ2v) is 5.33. The van der Waals surface area contributed by atoms with Crippen molar-refractivity contribution in [2.75, 3.05) is 5.32 Å². The Balaban J connectivity index is 1.74. The molecule has 20 heavy (non-hydrogen) atoms. The number of oxazole rings is 1. The average Bonchev–Trinajstić information content (AvgIpc) is 2.67. The van der Waals surface area contributed by atoms with E-state index in [0.29, 0.717) is 5.89 Å². The van der Waals surface area contributed by atoms with E-state index in [9.17, 15) is 4.79 Å². The molecule has 4 nitrogen and oxygen atoms in total. The van der Waals surface area contributed by atoms with Gasteiger partial charge in [0.2, 0.25) is 5.91 Å². The van der Waals surface area contributed by atoms with Gasteiger partial charge in [0.1, 0.15) is 11.5 Å². The number of carbonyl (C=O) groups excluding carboxylic acids is 1. The number of aryl methyl sites for hydroxylation is 2. The van der Waals surface area contributed by atoms with Crippen molar-refractivity contribution in [1.29, 1.82) is 0 Å². The number of benzene rings is 1. The van der Waals surface area contributed by atoms with Gasteiger partial charge in [-0.2, -0.15) is 0 Å². The van der Waals surface area contributed by atoms with E-state index in [1.807, 2.05) is 38.1 Å². The fourth-order valence-electron chi connectivity index (χ4n) is 2.42. The van der Waals surface area contributed by atoms with Crippen LogP contribution in [-0.4, -0.2) is 10.9 Å². The van der Waals surface area contributed by atoms with Crippen molar-refractivity contribution in [2.45, 2.75) is 33.1 Å². The van der Waals surface area contributed by atoms with Crippen LogP contribution in [-0.2, 0) is 4.79 Å². The van der Waals surface area contributed by atoms with E-state index in [-0.39, 0.29) is 11.8 Å². The molecular weight excluding hydrogens is 252 g/mol. The van der Waals surface area contributed by atoms with Gasteiger partial charge in [-0.1, -0.05) is 18.6 Å². The van der Waals surface area contributed by atoms with Crippen molar-refractivity contribution < 1.29 is 9.21 Å². The minimum Gasteiger partial charge on any atom is -0.446 e. The van der Waals surface area contributed by atoms with Crippen molar-refractivity contribution in [1.82, 2.24) is 4.98 Å². The van der Waals surface area contributed by atoms with E-state index in [1.54, 1.807) is 0 Å². The first kappa shape index (κ1) is 12.9. The van der Waals surface area contributed by atoms with E-state index >= 15 is 0 Å². The fraction of sp³-hybridized carbons (Fsp3) is 0.375. The van der Waals surface area contributed by atoms with Gasteiger partial charge in [0.05, 0.1) is 0 Å². The summed E-state index contributed by atoms with van der Waals surface area (Å²) in [6, 6.07) is 7.74. The van der Waals surface area contributed by atoms with Crippen LogP contribution in [0.4, 0.5) is 5.69 Å². The Hall–Kier alpha value is -2.10. The maximum atomic E-state index is 11.9. The van der Waals surface area contributed by atoms with E-state index in [2.05, 4.69) is 10.3 Å². The first-order valence-corrected chi connectivity index (χ1v) is 6.99. The van der Waals surface area contributed by atoms with Crippen molar-refractivity contribution in [3.8, 4) is 11.3 Å². The average molecular weight is 270 g/mol. The summed E-state index contributed by atoms with van der Waals surface area (Å²) >= 11 is 0. The molecule has 1 amide bonds. The van der Waals surface area contributed by atoms with Gasteiger partial charge in [0.15, 0.2) is 5.89 Å². The summed E-state index contributed by atoms with van der Waals surface area (Å²) in [5.41, 5.74) is 2.70. The van der Waals surface area contributed by atoms with Crippen LogP contribution >= 0.6 is 0 Å². The third-order valence-electron chi connectivity index (χ3n) is 3.81. The molecule has 0 saturated heterocycles. The highest BCUT2D eigenvalue weighted by molar-refractivity contribution is 5.93.